The van der Waals surface area contributed by atoms with Gasteiger partial charge in [-0.05, 0) is 29.8 Å². The van der Waals surface area contributed by atoms with Crippen LogP contribution in [0.3, 0.4) is 0 Å². The van der Waals surface area contributed by atoms with E-state index in [1.807, 2.05) is 6.07 Å². The number of anilines is 1. The molecule has 0 atom stereocenters. The van der Waals surface area contributed by atoms with E-state index in [9.17, 15) is 18.0 Å². The van der Waals surface area contributed by atoms with E-state index in [1.165, 1.54) is 23.1 Å². The molecule has 3 aromatic rings. The van der Waals surface area contributed by atoms with Crippen molar-refractivity contribution in [3.63, 3.8) is 0 Å². The Morgan fingerprint density at radius 3 is 2.52 bits per heavy atom. The summed E-state index contributed by atoms with van der Waals surface area (Å²) in [5, 5.41) is 15.1. The van der Waals surface area contributed by atoms with E-state index in [4.69, 9.17) is 5.26 Å². The second-order valence-electron chi connectivity index (χ2n) is 5.57. The maximum atomic E-state index is 13.0. The molecule has 1 amide bonds. The first kappa shape index (κ1) is 18.1. The maximum Gasteiger partial charge on any atom is 0.417 e. The van der Waals surface area contributed by atoms with Crippen molar-refractivity contribution in [1.29, 1.82) is 5.26 Å². The predicted molar refractivity (Wildman–Crippen MR) is 89.7 cm³/mol. The van der Waals surface area contributed by atoms with Crippen molar-refractivity contribution in [2.75, 3.05) is 5.32 Å². The van der Waals surface area contributed by atoms with E-state index >= 15 is 0 Å². The van der Waals surface area contributed by atoms with E-state index in [-0.39, 0.29) is 5.95 Å². The Morgan fingerprint density at radius 2 is 1.85 bits per heavy atom. The van der Waals surface area contributed by atoms with Crippen molar-refractivity contribution in [3.05, 3.63) is 77.1 Å². The van der Waals surface area contributed by atoms with Gasteiger partial charge in [-0.3, -0.25) is 10.1 Å². The van der Waals surface area contributed by atoms with Gasteiger partial charge < -0.3 is 0 Å². The SMILES string of the molecule is N#Cc1ccc(Cn2cnc(NC(=O)c3ccccc3C(F)(F)F)n2)cc1. The van der Waals surface area contributed by atoms with Crippen molar-refractivity contribution in [1.82, 2.24) is 14.8 Å². The molecular formula is C18H12F3N5O. The van der Waals surface area contributed by atoms with Gasteiger partial charge in [0.05, 0.1) is 29.3 Å². The van der Waals surface area contributed by atoms with E-state index in [0.717, 1.165) is 17.7 Å². The lowest BCUT2D eigenvalue weighted by molar-refractivity contribution is -0.137. The number of nitrogens with one attached hydrogen (secondary N) is 1. The Bertz CT molecular complexity index is 1000. The Hall–Kier alpha value is -3.67. The van der Waals surface area contributed by atoms with Crippen LogP contribution in [-0.4, -0.2) is 20.7 Å². The molecular weight excluding hydrogens is 359 g/mol. The van der Waals surface area contributed by atoms with Gasteiger partial charge in [-0.2, -0.15) is 18.4 Å². The summed E-state index contributed by atoms with van der Waals surface area (Å²) in [7, 11) is 0. The van der Waals surface area contributed by atoms with Gasteiger partial charge >= 0.3 is 6.18 Å². The lowest BCUT2D eigenvalue weighted by Gasteiger charge is -2.11. The molecule has 1 aromatic heterocycles. The molecule has 0 aliphatic rings. The van der Waals surface area contributed by atoms with Gasteiger partial charge in [-0.15, -0.1) is 5.10 Å². The second-order valence-corrected chi connectivity index (χ2v) is 5.57. The zero-order valence-corrected chi connectivity index (χ0v) is 13.7. The fourth-order valence-corrected chi connectivity index (χ4v) is 2.40. The summed E-state index contributed by atoms with van der Waals surface area (Å²) in [4.78, 5) is 16.1. The van der Waals surface area contributed by atoms with Crippen LogP contribution in [0, 0.1) is 11.3 Å². The highest BCUT2D eigenvalue weighted by atomic mass is 19.4. The summed E-state index contributed by atoms with van der Waals surface area (Å²) in [6.45, 7) is 0.327. The number of halogens is 3. The lowest BCUT2D eigenvalue weighted by atomic mass is 10.1. The molecule has 9 heteroatoms. The number of hydrogen-bond acceptors (Lipinski definition) is 4. The van der Waals surface area contributed by atoms with E-state index in [2.05, 4.69) is 15.4 Å². The molecule has 0 bridgehead atoms. The van der Waals surface area contributed by atoms with Crippen LogP contribution >= 0.6 is 0 Å². The zero-order chi connectivity index (χ0) is 19.4. The normalized spacial score (nSPS) is 11.0. The minimum Gasteiger partial charge on any atom is -0.289 e. The van der Waals surface area contributed by atoms with Gasteiger partial charge in [0.2, 0.25) is 5.95 Å². The number of alkyl halides is 3. The molecule has 1 heterocycles. The van der Waals surface area contributed by atoms with Gasteiger partial charge in [0.25, 0.3) is 5.91 Å². The topological polar surface area (TPSA) is 83.6 Å². The molecule has 0 saturated heterocycles. The third kappa shape index (κ3) is 4.30. The third-order valence-electron chi connectivity index (χ3n) is 3.67. The summed E-state index contributed by atoms with van der Waals surface area (Å²) in [6, 6.07) is 13.3. The van der Waals surface area contributed by atoms with E-state index < -0.39 is 23.2 Å². The molecule has 3 rings (SSSR count). The average Bonchev–Trinajstić information content (AvgIpc) is 3.08. The molecule has 27 heavy (non-hydrogen) atoms. The fraction of sp³-hybridized carbons (Fsp3) is 0.111. The van der Waals surface area contributed by atoms with Gasteiger partial charge in [-0.1, -0.05) is 24.3 Å². The standard InChI is InChI=1S/C18H12F3N5O/c19-18(20,21)15-4-2-1-3-14(15)16(27)24-17-23-11-26(25-17)10-13-7-5-12(9-22)6-8-13/h1-8,11H,10H2,(H,24,25,27). The highest BCUT2D eigenvalue weighted by Crippen LogP contribution is 2.32. The summed E-state index contributed by atoms with van der Waals surface area (Å²) in [6.07, 6.45) is -3.29. The Morgan fingerprint density at radius 1 is 1.15 bits per heavy atom. The Kier molecular flexibility index (Phi) is 4.90. The largest absolute Gasteiger partial charge is 0.417 e. The highest BCUT2D eigenvalue weighted by Gasteiger charge is 2.35. The minimum atomic E-state index is -4.64. The van der Waals surface area contributed by atoms with Crippen molar-refractivity contribution in [2.24, 2.45) is 0 Å². The summed E-state index contributed by atoms with van der Waals surface area (Å²) >= 11 is 0. The van der Waals surface area contributed by atoms with Gasteiger partial charge in [0, 0.05) is 0 Å². The van der Waals surface area contributed by atoms with Gasteiger partial charge in [0.15, 0.2) is 0 Å². The summed E-state index contributed by atoms with van der Waals surface area (Å²) < 4.78 is 40.5. The van der Waals surface area contributed by atoms with Crippen LogP contribution < -0.4 is 5.32 Å². The number of carbonyl (C=O) groups excluding carboxylic acids is 1. The molecule has 0 spiro atoms. The van der Waals surface area contributed by atoms with E-state index in [1.54, 1.807) is 24.3 Å². The number of nitriles is 1. The van der Waals surface area contributed by atoms with Crippen LogP contribution in [0.15, 0.2) is 54.9 Å². The van der Waals surface area contributed by atoms with Crippen LogP contribution in [-0.2, 0) is 12.7 Å². The quantitative estimate of drug-likeness (QED) is 0.761. The molecule has 2 aromatic carbocycles. The minimum absolute atomic E-state index is 0.106. The fourth-order valence-electron chi connectivity index (χ4n) is 2.40. The number of amides is 1. The first-order valence-corrected chi connectivity index (χ1v) is 7.73. The summed E-state index contributed by atoms with van der Waals surface area (Å²) in [5.41, 5.74) is -0.166. The molecule has 1 N–H and O–H groups in total. The van der Waals surface area contributed by atoms with E-state index in [0.29, 0.717) is 12.1 Å². The Balaban J connectivity index is 1.72. The van der Waals surface area contributed by atoms with Crippen LogP contribution in [0.1, 0.15) is 27.0 Å². The van der Waals surface area contributed by atoms with Crippen molar-refractivity contribution in [3.8, 4) is 6.07 Å². The molecule has 0 fully saturated rings. The van der Waals surface area contributed by atoms with Crippen molar-refractivity contribution >= 4 is 11.9 Å². The highest BCUT2D eigenvalue weighted by molar-refractivity contribution is 6.04. The maximum absolute atomic E-state index is 13.0. The predicted octanol–water partition coefficient (Wildman–Crippen LogP) is 3.47. The smallest absolute Gasteiger partial charge is 0.289 e. The van der Waals surface area contributed by atoms with Crippen LogP contribution in [0.25, 0.3) is 0 Å². The van der Waals surface area contributed by atoms with Crippen molar-refractivity contribution < 1.29 is 18.0 Å². The monoisotopic (exact) mass is 371 g/mol. The van der Waals surface area contributed by atoms with Crippen molar-refractivity contribution in [2.45, 2.75) is 12.7 Å². The van der Waals surface area contributed by atoms with Crippen LogP contribution in [0.2, 0.25) is 0 Å². The number of carbonyl (C=O) groups is 1. The molecule has 0 aliphatic heterocycles. The number of benzene rings is 2. The second kappa shape index (κ2) is 7.29. The molecule has 0 saturated carbocycles. The first-order valence-electron chi connectivity index (χ1n) is 7.73. The molecule has 0 aliphatic carbocycles. The number of rotatable bonds is 4. The number of nitrogens with zero attached hydrogens (tertiary/aromatic N) is 4. The third-order valence-corrected chi connectivity index (χ3v) is 3.67. The lowest BCUT2D eigenvalue weighted by Crippen LogP contribution is -2.19. The average molecular weight is 371 g/mol. The molecule has 136 valence electrons. The van der Waals surface area contributed by atoms with Crippen LogP contribution in [0.5, 0.6) is 0 Å². The number of aromatic nitrogens is 3. The Labute approximate surface area is 151 Å². The first-order chi connectivity index (χ1) is 12.9. The van der Waals surface area contributed by atoms with Crippen LogP contribution in [0.4, 0.5) is 19.1 Å². The van der Waals surface area contributed by atoms with Gasteiger partial charge in [-0.25, -0.2) is 9.67 Å². The molecule has 0 unspecified atom stereocenters. The number of hydrogen-bond donors (Lipinski definition) is 1. The molecule has 6 nitrogen and oxygen atoms in total. The van der Waals surface area contributed by atoms with Gasteiger partial charge in [0.1, 0.15) is 6.33 Å². The summed E-state index contributed by atoms with van der Waals surface area (Å²) in [5.74, 6) is -1.05. The molecule has 0 radical (unpaired) electrons. The zero-order valence-electron chi connectivity index (χ0n) is 13.7.